The Morgan fingerprint density at radius 1 is 0.933 bits per heavy atom. The monoisotopic (exact) mass is 429 g/mol. The molecule has 2 aromatic heterocycles. The van der Waals surface area contributed by atoms with Crippen molar-refractivity contribution in [3.8, 4) is 0 Å². The maximum absolute atomic E-state index is 12.6. The third-order valence-corrected chi connectivity index (χ3v) is 4.54. The number of fused-ring (bicyclic) bond motifs is 2. The van der Waals surface area contributed by atoms with Crippen molar-refractivity contribution >= 4 is 33.8 Å². The maximum Gasteiger partial charge on any atom is 1.00 e. The van der Waals surface area contributed by atoms with E-state index >= 15 is 0 Å². The van der Waals surface area contributed by atoms with Gasteiger partial charge in [-0.15, -0.1) is 0 Å². The Kier molecular flexibility index (Phi) is 9.53. The van der Waals surface area contributed by atoms with Crippen molar-refractivity contribution in [3.05, 3.63) is 55.7 Å². The number of nitrogens with zero attached hydrogens (tertiary/aromatic N) is 1. The third-order valence-electron chi connectivity index (χ3n) is 4.54. The summed E-state index contributed by atoms with van der Waals surface area (Å²) in [6, 6.07) is 3.10. The molecule has 2 heterocycles. The van der Waals surface area contributed by atoms with Gasteiger partial charge in [0.15, 0.2) is 16.6 Å². The Hall–Kier alpha value is -1.42. The van der Waals surface area contributed by atoms with Gasteiger partial charge in [0.25, 0.3) is 0 Å². The van der Waals surface area contributed by atoms with Gasteiger partial charge in [-0.25, -0.2) is 0 Å². The minimum absolute atomic E-state index is 0. The molecule has 0 atom stereocenters. The summed E-state index contributed by atoms with van der Waals surface area (Å²) in [7, 11) is 0. The third kappa shape index (κ3) is 4.74. The van der Waals surface area contributed by atoms with E-state index in [-0.39, 0.29) is 87.7 Å². The van der Waals surface area contributed by atoms with Crippen LogP contribution in [-0.4, -0.2) is 16.5 Å². The van der Waals surface area contributed by atoms with Crippen molar-refractivity contribution in [2.24, 2.45) is 0 Å². The minimum Gasteiger partial charge on any atom is -0.543 e. The number of carboxylic acids is 2. The first kappa shape index (κ1) is 26.6. The first-order valence-corrected chi connectivity index (χ1v) is 8.90. The van der Waals surface area contributed by atoms with Crippen LogP contribution in [0.25, 0.3) is 21.9 Å². The van der Waals surface area contributed by atoms with Crippen LogP contribution in [0.5, 0.6) is 0 Å². The number of benzene rings is 1. The molecule has 0 radical (unpaired) electrons. The van der Waals surface area contributed by atoms with Gasteiger partial charge in [-0.3, -0.25) is 9.59 Å². The van der Waals surface area contributed by atoms with Crippen LogP contribution in [0, 0.1) is 0 Å². The summed E-state index contributed by atoms with van der Waals surface area (Å²) in [5, 5.41) is 23.0. The standard InChI is InChI=1S/C20H19NO7.2Na/c1-3-5-10-17-11(14(22)8-13(19(24)25)21(17)6-4-2)7-12-15(23)9-16(20(26)27)28-18(10)12;;/h7-9H,3-6H2,1-2H3,(H,24,25)(H,26,27);;/q;2*+1/p-2. The molecule has 0 saturated heterocycles. The van der Waals surface area contributed by atoms with Crippen molar-refractivity contribution in [2.45, 2.75) is 39.7 Å². The van der Waals surface area contributed by atoms with E-state index in [4.69, 9.17) is 4.42 Å². The molecule has 0 amide bonds. The van der Waals surface area contributed by atoms with E-state index in [0.717, 1.165) is 12.1 Å². The number of pyridine rings is 1. The van der Waals surface area contributed by atoms with E-state index in [9.17, 15) is 29.4 Å². The van der Waals surface area contributed by atoms with Gasteiger partial charge in [-0.1, -0.05) is 20.3 Å². The molecule has 0 aliphatic heterocycles. The normalized spacial score (nSPS) is 10.5. The molecular formula is C20H17NNa2O7. The van der Waals surface area contributed by atoms with Crippen LogP contribution >= 0.6 is 0 Å². The fourth-order valence-corrected chi connectivity index (χ4v) is 3.45. The van der Waals surface area contributed by atoms with Crippen LogP contribution in [0.2, 0.25) is 0 Å². The Morgan fingerprint density at radius 3 is 2.10 bits per heavy atom. The predicted octanol–water partition coefficient (Wildman–Crippen LogP) is -5.79. The Labute approximate surface area is 215 Å². The number of rotatable bonds is 6. The Bertz CT molecular complexity index is 1240. The molecule has 0 spiro atoms. The van der Waals surface area contributed by atoms with E-state index < -0.39 is 28.6 Å². The molecule has 0 saturated carbocycles. The average Bonchev–Trinajstić information content (AvgIpc) is 2.64. The molecule has 146 valence electrons. The SMILES string of the molecule is CCCc1c2oc(C(=O)[O-])cc(=O)c2cc2c(=O)cc(C(=O)[O-])n(CCC)c12.[Na+].[Na+]. The summed E-state index contributed by atoms with van der Waals surface area (Å²) < 4.78 is 6.88. The van der Waals surface area contributed by atoms with E-state index in [1.165, 1.54) is 10.6 Å². The van der Waals surface area contributed by atoms with Crippen molar-refractivity contribution < 1.29 is 83.3 Å². The zero-order valence-electron chi connectivity index (χ0n) is 17.4. The first-order chi connectivity index (χ1) is 13.3. The average molecular weight is 429 g/mol. The van der Waals surface area contributed by atoms with E-state index in [0.29, 0.717) is 30.3 Å². The van der Waals surface area contributed by atoms with Gasteiger partial charge in [0.1, 0.15) is 11.6 Å². The van der Waals surface area contributed by atoms with Crippen LogP contribution in [0.4, 0.5) is 0 Å². The van der Waals surface area contributed by atoms with Crippen LogP contribution in [0.15, 0.2) is 32.2 Å². The van der Waals surface area contributed by atoms with Gasteiger partial charge in [-0.05, 0) is 18.9 Å². The number of carbonyl (C=O) groups excluding carboxylic acids is 2. The van der Waals surface area contributed by atoms with Crippen molar-refractivity contribution in [2.75, 3.05) is 0 Å². The van der Waals surface area contributed by atoms with E-state index in [1.807, 2.05) is 13.8 Å². The van der Waals surface area contributed by atoms with Crippen molar-refractivity contribution in [1.29, 1.82) is 0 Å². The molecule has 1 aromatic carbocycles. The van der Waals surface area contributed by atoms with Crippen LogP contribution in [0.1, 0.15) is 53.3 Å². The van der Waals surface area contributed by atoms with Crippen molar-refractivity contribution in [1.82, 2.24) is 4.57 Å². The molecule has 30 heavy (non-hydrogen) atoms. The summed E-state index contributed by atoms with van der Waals surface area (Å²) in [4.78, 5) is 47.8. The number of hydrogen-bond donors (Lipinski definition) is 0. The van der Waals surface area contributed by atoms with E-state index in [1.54, 1.807) is 0 Å². The second-order valence-electron chi connectivity index (χ2n) is 6.47. The smallest absolute Gasteiger partial charge is 0.543 e. The molecule has 0 N–H and O–H groups in total. The summed E-state index contributed by atoms with van der Waals surface area (Å²) in [5.41, 5.74) is -0.741. The van der Waals surface area contributed by atoms with Gasteiger partial charge in [-0.2, -0.15) is 0 Å². The first-order valence-electron chi connectivity index (χ1n) is 8.90. The molecule has 0 unspecified atom stereocenters. The fraction of sp³-hybridized carbons (Fsp3) is 0.300. The fourth-order valence-electron chi connectivity index (χ4n) is 3.45. The molecule has 0 fully saturated rings. The molecular weight excluding hydrogens is 412 g/mol. The van der Waals surface area contributed by atoms with Gasteiger partial charge < -0.3 is 28.8 Å². The van der Waals surface area contributed by atoms with Gasteiger partial charge >= 0.3 is 59.1 Å². The number of hydrogen-bond acceptors (Lipinski definition) is 7. The second kappa shape index (κ2) is 10.7. The molecule has 3 rings (SSSR count). The van der Waals surface area contributed by atoms with Gasteiger partial charge in [0.05, 0.1) is 22.6 Å². The van der Waals surface area contributed by atoms with Crippen LogP contribution in [-0.2, 0) is 13.0 Å². The Morgan fingerprint density at radius 2 is 1.57 bits per heavy atom. The molecule has 8 nitrogen and oxygen atoms in total. The van der Waals surface area contributed by atoms with E-state index in [2.05, 4.69) is 0 Å². The summed E-state index contributed by atoms with van der Waals surface area (Å²) in [6.07, 6.45) is 1.50. The summed E-state index contributed by atoms with van der Waals surface area (Å²) in [6.45, 7) is 3.99. The number of carbonyl (C=O) groups is 2. The number of carboxylic acid groups (broad SMARTS) is 2. The topological polar surface area (TPSA) is 132 Å². The number of aromatic nitrogens is 1. The summed E-state index contributed by atoms with van der Waals surface area (Å²) in [5.74, 6) is -3.77. The van der Waals surface area contributed by atoms with Gasteiger partial charge in [0.2, 0.25) is 0 Å². The number of aromatic carboxylic acids is 2. The largest absolute Gasteiger partial charge is 1.00 e. The van der Waals surface area contributed by atoms with Crippen LogP contribution in [0.3, 0.4) is 0 Å². The Balaban J connectivity index is 0.00000225. The zero-order valence-corrected chi connectivity index (χ0v) is 21.4. The zero-order chi connectivity index (χ0) is 20.6. The van der Waals surface area contributed by atoms with Gasteiger partial charge in [0, 0.05) is 29.6 Å². The number of aryl methyl sites for hydroxylation is 2. The minimum atomic E-state index is -1.64. The quantitative estimate of drug-likeness (QED) is 0.282. The molecule has 10 heteroatoms. The molecule has 0 bridgehead atoms. The van der Waals surface area contributed by atoms with Crippen LogP contribution < -0.4 is 80.2 Å². The van der Waals surface area contributed by atoms with Crippen molar-refractivity contribution in [3.63, 3.8) is 0 Å². The molecule has 3 aromatic rings. The molecule has 0 aliphatic rings. The predicted molar refractivity (Wildman–Crippen MR) is 97.2 cm³/mol. The molecule has 0 aliphatic carbocycles. The summed E-state index contributed by atoms with van der Waals surface area (Å²) >= 11 is 0. The maximum atomic E-state index is 12.6. The second-order valence-corrected chi connectivity index (χ2v) is 6.47.